The van der Waals surface area contributed by atoms with E-state index in [4.69, 9.17) is 4.74 Å². The Morgan fingerprint density at radius 3 is 2.42 bits per heavy atom. The number of amides is 1. The van der Waals surface area contributed by atoms with Crippen LogP contribution in [0.2, 0.25) is 0 Å². The third-order valence-electron chi connectivity index (χ3n) is 5.03. The summed E-state index contributed by atoms with van der Waals surface area (Å²) in [6.07, 6.45) is 2.55. The first-order chi connectivity index (χ1) is 15.0. The van der Waals surface area contributed by atoms with Crippen LogP contribution in [-0.2, 0) is 22.6 Å². The number of hydrogen-bond acceptors (Lipinski definition) is 5. The predicted octanol–water partition coefficient (Wildman–Crippen LogP) is 2.78. The van der Waals surface area contributed by atoms with Crippen LogP contribution in [0.1, 0.15) is 36.5 Å². The van der Waals surface area contributed by atoms with Crippen molar-refractivity contribution < 1.29 is 14.3 Å². The summed E-state index contributed by atoms with van der Waals surface area (Å²) in [5.41, 5.74) is -0.00527. The molecule has 0 radical (unpaired) electrons. The van der Waals surface area contributed by atoms with Crippen LogP contribution in [0.25, 0.3) is 10.9 Å². The molecule has 8 heteroatoms. The molecule has 3 aromatic rings. The fourth-order valence-electron chi connectivity index (χ4n) is 3.45. The number of rotatable bonds is 8. The van der Waals surface area contributed by atoms with Gasteiger partial charge >= 0.3 is 11.7 Å². The normalized spacial score (nSPS) is 10.8. The van der Waals surface area contributed by atoms with Gasteiger partial charge in [-0.2, -0.15) is 0 Å². The smallest absolute Gasteiger partial charge is 0.339 e. The van der Waals surface area contributed by atoms with Crippen molar-refractivity contribution in [1.82, 2.24) is 9.13 Å². The van der Waals surface area contributed by atoms with Crippen molar-refractivity contribution in [2.75, 3.05) is 12.4 Å². The number of benzene rings is 2. The molecule has 0 spiro atoms. The number of nitrogens with one attached hydrogen (secondary N) is 1. The van der Waals surface area contributed by atoms with Gasteiger partial charge in [-0.25, -0.2) is 9.59 Å². The SMILES string of the molecule is CCCCCn1c(=O)c2ccccc2n(CC(=O)Nc2ccccc2C(=O)OC)c1=O. The number of nitrogens with zero attached hydrogens (tertiary/aromatic N) is 2. The van der Waals surface area contributed by atoms with Crippen molar-refractivity contribution in [2.45, 2.75) is 39.3 Å². The summed E-state index contributed by atoms with van der Waals surface area (Å²) in [5.74, 6) is -1.08. The van der Waals surface area contributed by atoms with Gasteiger partial charge in [0.15, 0.2) is 0 Å². The molecule has 0 unspecified atom stereocenters. The molecule has 0 aliphatic heterocycles. The molecule has 0 aliphatic rings. The maximum Gasteiger partial charge on any atom is 0.339 e. The lowest BCUT2D eigenvalue weighted by molar-refractivity contribution is -0.116. The van der Waals surface area contributed by atoms with Gasteiger partial charge in [-0.1, -0.05) is 44.0 Å². The van der Waals surface area contributed by atoms with Crippen molar-refractivity contribution >= 4 is 28.5 Å². The van der Waals surface area contributed by atoms with E-state index in [9.17, 15) is 19.2 Å². The third kappa shape index (κ3) is 4.74. The first-order valence-corrected chi connectivity index (χ1v) is 10.2. The highest BCUT2D eigenvalue weighted by molar-refractivity contribution is 6.01. The van der Waals surface area contributed by atoms with Crippen molar-refractivity contribution in [3.8, 4) is 0 Å². The lowest BCUT2D eigenvalue weighted by atomic mass is 10.2. The summed E-state index contributed by atoms with van der Waals surface area (Å²) >= 11 is 0. The van der Waals surface area contributed by atoms with Crippen LogP contribution in [0.3, 0.4) is 0 Å². The van der Waals surface area contributed by atoms with Crippen LogP contribution in [0, 0.1) is 0 Å². The van der Waals surface area contributed by atoms with Crippen molar-refractivity contribution in [3.63, 3.8) is 0 Å². The second kappa shape index (κ2) is 9.88. The quantitative estimate of drug-likeness (QED) is 0.444. The van der Waals surface area contributed by atoms with Crippen LogP contribution < -0.4 is 16.6 Å². The summed E-state index contributed by atoms with van der Waals surface area (Å²) in [7, 11) is 1.26. The minimum absolute atomic E-state index is 0.208. The molecule has 1 N–H and O–H groups in total. The Morgan fingerprint density at radius 2 is 1.68 bits per heavy atom. The molecule has 3 rings (SSSR count). The van der Waals surface area contributed by atoms with E-state index in [0.29, 0.717) is 23.9 Å². The standard InChI is InChI=1S/C23H25N3O5/c1-3-4-9-14-25-21(28)17-11-6-8-13-19(17)26(23(25)30)15-20(27)24-18-12-7-5-10-16(18)22(29)31-2/h5-8,10-13H,3-4,9,14-15H2,1-2H3,(H,24,27). The molecule has 1 amide bonds. The molecule has 162 valence electrons. The average Bonchev–Trinajstić information content (AvgIpc) is 2.79. The maximum atomic E-state index is 13.1. The summed E-state index contributed by atoms with van der Waals surface area (Å²) in [6, 6.07) is 13.2. The number of para-hydroxylation sites is 2. The first kappa shape index (κ1) is 22.0. The number of hydrogen-bond donors (Lipinski definition) is 1. The Kier molecular flexibility index (Phi) is 7.02. The molecule has 0 saturated carbocycles. The molecule has 0 aliphatic carbocycles. The number of carbonyl (C=O) groups excluding carboxylic acids is 2. The lowest BCUT2D eigenvalue weighted by Gasteiger charge is -2.15. The molecule has 0 fully saturated rings. The minimum atomic E-state index is -0.581. The molecule has 8 nitrogen and oxygen atoms in total. The van der Waals surface area contributed by atoms with E-state index in [1.54, 1.807) is 42.5 Å². The van der Waals surface area contributed by atoms with E-state index in [1.807, 2.05) is 6.92 Å². The van der Waals surface area contributed by atoms with Crippen LogP contribution in [0.5, 0.6) is 0 Å². The number of carbonyl (C=O) groups is 2. The van der Waals surface area contributed by atoms with Gasteiger partial charge in [0, 0.05) is 6.54 Å². The predicted molar refractivity (Wildman–Crippen MR) is 118 cm³/mol. The van der Waals surface area contributed by atoms with Crippen LogP contribution in [0.15, 0.2) is 58.1 Å². The minimum Gasteiger partial charge on any atom is -0.465 e. The Hall–Kier alpha value is -3.68. The topological polar surface area (TPSA) is 99.4 Å². The molecule has 1 aromatic heterocycles. The van der Waals surface area contributed by atoms with Gasteiger partial charge in [-0.05, 0) is 30.7 Å². The summed E-state index contributed by atoms with van der Waals surface area (Å²) < 4.78 is 7.22. The highest BCUT2D eigenvalue weighted by atomic mass is 16.5. The van der Waals surface area contributed by atoms with Gasteiger partial charge < -0.3 is 10.1 Å². The highest BCUT2D eigenvalue weighted by Crippen LogP contribution is 2.16. The fourth-order valence-corrected chi connectivity index (χ4v) is 3.45. The summed E-state index contributed by atoms with van der Waals surface area (Å²) in [4.78, 5) is 50.6. The van der Waals surface area contributed by atoms with Gasteiger partial charge in [-0.15, -0.1) is 0 Å². The van der Waals surface area contributed by atoms with Crippen molar-refractivity contribution in [1.29, 1.82) is 0 Å². The molecular weight excluding hydrogens is 398 g/mol. The molecule has 0 bridgehead atoms. The van der Waals surface area contributed by atoms with Crippen molar-refractivity contribution in [2.24, 2.45) is 0 Å². The maximum absolute atomic E-state index is 13.1. The summed E-state index contributed by atoms with van der Waals surface area (Å²) in [5, 5.41) is 3.04. The van der Waals surface area contributed by atoms with Gasteiger partial charge in [0.25, 0.3) is 5.56 Å². The number of fused-ring (bicyclic) bond motifs is 1. The van der Waals surface area contributed by atoms with E-state index >= 15 is 0 Å². The monoisotopic (exact) mass is 423 g/mol. The molecule has 0 atom stereocenters. The van der Waals surface area contributed by atoms with Gasteiger partial charge in [0.2, 0.25) is 5.91 Å². The van der Waals surface area contributed by atoms with E-state index in [0.717, 1.165) is 12.8 Å². The molecule has 0 saturated heterocycles. The number of methoxy groups -OCH3 is 1. The molecule has 2 aromatic carbocycles. The Bertz CT molecular complexity index is 1230. The largest absolute Gasteiger partial charge is 0.465 e. The number of anilines is 1. The Morgan fingerprint density at radius 1 is 0.968 bits per heavy atom. The zero-order valence-electron chi connectivity index (χ0n) is 17.6. The third-order valence-corrected chi connectivity index (χ3v) is 5.03. The average molecular weight is 423 g/mol. The lowest BCUT2D eigenvalue weighted by Crippen LogP contribution is -2.41. The van der Waals surface area contributed by atoms with E-state index in [-0.39, 0.29) is 23.4 Å². The van der Waals surface area contributed by atoms with Crippen LogP contribution in [-0.4, -0.2) is 28.1 Å². The molecular formula is C23H25N3O5. The van der Waals surface area contributed by atoms with Gasteiger partial charge in [0.05, 0.1) is 29.3 Å². The van der Waals surface area contributed by atoms with E-state index < -0.39 is 17.6 Å². The highest BCUT2D eigenvalue weighted by Gasteiger charge is 2.17. The van der Waals surface area contributed by atoms with E-state index in [2.05, 4.69) is 5.32 Å². The summed E-state index contributed by atoms with van der Waals surface area (Å²) in [6.45, 7) is 2.03. The molecule has 1 heterocycles. The second-order valence-electron chi connectivity index (χ2n) is 7.14. The number of ether oxygens (including phenoxy) is 1. The number of unbranched alkanes of at least 4 members (excludes halogenated alkanes) is 2. The Labute approximate surface area is 179 Å². The van der Waals surface area contributed by atoms with Crippen molar-refractivity contribution in [3.05, 3.63) is 74.9 Å². The second-order valence-corrected chi connectivity index (χ2v) is 7.14. The fraction of sp³-hybridized carbons (Fsp3) is 0.304. The van der Waals surface area contributed by atoms with Crippen LogP contribution >= 0.6 is 0 Å². The van der Waals surface area contributed by atoms with Gasteiger partial charge in [0.1, 0.15) is 6.54 Å². The van der Waals surface area contributed by atoms with Crippen LogP contribution in [0.4, 0.5) is 5.69 Å². The first-order valence-electron chi connectivity index (χ1n) is 10.2. The zero-order valence-corrected chi connectivity index (χ0v) is 17.6. The zero-order chi connectivity index (χ0) is 22.4. The Balaban J connectivity index is 1.98. The van der Waals surface area contributed by atoms with Gasteiger partial charge in [-0.3, -0.25) is 18.7 Å². The van der Waals surface area contributed by atoms with E-state index in [1.165, 1.54) is 22.3 Å². The number of aromatic nitrogens is 2. The number of esters is 1. The molecule has 31 heavy (non-hydrogen) atoms.